The molecule has 3 atom stereocenters. The second kappa shape index (κ2) is 14.3. The van der Waals surface area contributed by atoms with Gasteiger partial charge >= 0.3 is 0 Å². The zero-order valence-corrected chi connectivity index (χ0v) is 27.3. The number of hydrogen-bond acceptors (Lipinski definition) is 0. The Morgan fingerprint density at radius 1 is 0.578 bits per heavy atom. The molecular formula is C43H48BN. The summed E-state index contributed by atoms with van der Waals surface area (Å²) < 4.78 is 2.67. The molecule has 0 bridgehead atoms. The van der Waals surface area contributed by atoms with Crippen LogP contribution in [0.25, 0.3) is 0 Å². The van der Waals surface area contributed by atoms with E-state index in [2.05, 4.69) is 177 Å². The fraction of sp³-hybridized carbons (Fsp3) is 0.279. The predicted octanol–water partition coefficient (Wildman–Crippen LogP) is 7.20. The highest BCUT2D eigenvalue weighted by Gasteiger charge is 2.38. The highest BCUT2D eigenvalue weighted by molar-refractivity contribution is 7.19. The lowest BCUT2D eigenvalue weighted by Gasteiger charge is -2.44. The lowest BCUT2D eigenvalue weighted by Crippen LogP contribution is -2.74. The number of nitrogens with zero attached hydrogens (tertiary/aromatic N) is 1. The molecule has 1 fully saturated rings. The topological polar surface area (TPSA) is 3.01 Å². The third-order valence-electron chi connectivity index (χ3n) is 10.6. The van der Waals surface area contributed by atoms with Crippen molar-refractivity contribution >= 4 is 34.2 Å². The van der Waals surface area contributed by atoms with E-state index in [-0.39, 0.29) is 0 Å². The van der Waals surface area contributed by atoms with E-state index in [0.717, 1.165) is 23.8 Å². The van der Waals surface area contributed by atoms with Crippen LogP contribution in [0.2, 0.25) is 0 Å². The maximum Gasteiger partial charge on any atom is 0.171 e. The summed E-state index contributed by atoms with van der Waals surface area (Å²) >= 11 is 0. The zero-order valence-electron chi connectivity index (χ0n) is 27.3. The lowest BCUT2D eigenvalue weighted by molar-refractivity contribution is -0.577. The lowest BCUT2D eigenvalue weighted by atomic mass is 9.13. The van der Waals surface area contributed by atoms with Crippen LogP contribution in [-0.2, 0) is 6.42 Å². The molecule has 7 rings (SSSR count). The molecule has 0 spiro atoms. The summed E-state index contributed by atoms with van der Waals surface area (Å²) in [5.41, 5.74) is 8.32. The highest BCUT2D eigenvalue weighted by atomic mass is 15.0. The minimum absolute atomic E-state index is 0.757. The standard InChI is InChI=1S/C24H20B.C19H28N/c1-5-13-21(14-6-1)25(22-15-7-2-8-16-22,23-17-9-3-10-18-23)24-19-11-4-12-20-24;1-14(2)18-9-8-15(3)12-19(18)20-11-10-16-6-4-5-7-17(16)13-20/h1-20H;4-7,13-15,18-19H,8-12H2,1-3H3/q-1;+1/t;15-,18+,19-/m.0/s1. The van der Waals surface area contributed by atoms with E-state index < -0.39 is 6.15 Å². The fourth-order valence-electron chi connectivity index (χ4n) is 8.30. The number of benzene rings is 5. The Labute approximate surface area is 271 Å². The van der Waals surface area contributed by atoms with Gasteiger partial charge < -0.3 is 0 Å². The van der Waals surface area contributed by atoms with Crippen molar-refractivity contribution in [1.82, 2.24) is 0 Å². The van der Waals surface area contributed by atoms with Gasteiger partial charge in [0.15, 0.2) is 12.3 Å². The maximum absolute atomic E-state index is 2.67. The first-order valence-corrected chi connectivity index (χ1v) is 17.1. The molecule has 5 aromatic rings. The third kappa shape index (κ3) is 6.62. The largest absolute Gasteiger partial charge is 0.232 e. The van der Waals surface area contributed by atoms with Crippen molar-refractivity contribution in [2.75, 3.05) is 6.54 Å². The summed E-state index contributed by atoms with van der Waals surface area (Å²) in [7, 11) is 0. The Bertz CT molecular complexity index is 1500. The third-order valence-corrected chi connectivity index (χ3v) is 10.6. The average Bonchev–Trinajstić information content (AvgIpc) is 3.10. The van der Waals surface area contributed by atoms with E-state index in [1.165, 1.54) is 65.2 Å². The SMILES string of the molecule is CC(C)[C@H]1CC[C@H](C)C[C@@H]1[N+]1=Cc2ccccc2CC1.c1ccc([B-](c2ccccc2)(c2ccccc2)c2ccccc2)cc1. The summed E-state index contributed by atoms with van der Waals surface area (Å²) in [6, 6.07) is 53.2. The average molecular weight is 590 g/mol. The van der Waals surface area contributed by atoms with Crippen molar-refractivity contribution in [1.29, 1.82) is 0 Å². The molecule has 45 heavy (non-hydrogen) atoms. The van der Waals surface area contributed by atoms with Crippen molar-refractivity contribution in [3.05, 3.63) is 157 Å². The van der Waals surface area contributed by atoms with E-state index in [4.69, 9.17) is 0 Å². The first-order chi connectivity index (χ1) is 22.1. The molecule has 0 aromatic heterocycles. The van der Waals surface area contributed by atoms with Crippen molar-refractivity contribution in [2.45, 2.75) is 52.5 Å². The molecule has 2 aliphatic rings. The molecule has 1 nitrogen and oxygen atoms in total. The van der Waals surface area contributed by atoms with Crippen LogP contribution < -0.4 is 21.9 Å². The van der Waals surface area contributed by atoms with Gasteiger partial charge in [0.1, 0.15) is 12.7 Å². The maximum atomic E-state index is 2.67. The van der Waals surface area contributed by atoms with Gasteiger partial charge in [0.2, 0.25) is 0 Å². The van der Waals surface area contributed by atoms with Crippen LogP contribution in [0.1, 0.15) is 51.2 Å². The number of rotatable bonds is 6. The van der Waals surface area contributed by atoms with Crippen LogP contribution in [0.15, 0.2) is 146 Å². The molecule has 0 radical (unpaired) electrons. The van der Waals surface area contributed by atoms with E-state index in [1.807, 2.05) is 0 Å². The van der Waals surface area contributed by atoms with Gasteiger partial charge in [0.25, 0.3) is 0 Å². The quantitative estimate of drug-likeness (QED) is 0.146. The molecule has 0 N–H and O–H groups in total. The van der Waals surface area contributed by atoms with Gasteiger partial charge in [-0.25, -0.2) is 4.58 Å². The normalized spacial score (nSPS) is 19.6. The molecule has 2 heteroatoms. The molecule has 1 saturated carbocycles. The molecule has 0 unspecified atom stereocenters. The van der Waals surface area contributed by atoms with Gasteiger partial charge in [0.05, 0.1) is 0 Å². The second-order valence-corrected chi connectivity index (χ2v) is 13.7. The molecule has 1 heterocycles. The van der Waals surface area contributed by atoms with Crippen LogP contribution >= 0.6 is 0 Å². The highest BCUT2D eigenvalue weighted by Crippen LogP contribution is 2.35. The van der Waals surface area contributed by atoms with Crippen molar-refractivity contribution in [2.24, 2.45) is 17.8 Å². The molecule has 1 aliphatic carbocycles. The van der Waals surface area contributed by atoms with Gasteiger partial charge in [-0.2, -0.15) is 21.9 Å². The van der Waals surface area contributed by atoms with Crippen molar-refractivity contribution < 1.29 is 4.58 Å². The molecule has 0 amide bonds. The summed E-state index contributed by atoms with van der Waals surface area (Å²) in [5.74, 6) is 2.56. The van der Waals surface area contributed by atoms with Gasteiger partial charge in [-0.15, -0.1) is 0 Å². The summed E-state index contributed by atoms with van der Waals surface area (Å²) in [4.78, 5) is 0. The summed E-state index contributed by atoms with van der Waals surface area (Å²) in [6.45, 7) is 8.45. The van der Waals surface area contributed by atoms with Crippen LogP contribution in [0, 0.1) is 17.8 Å². The van der Waals surface area contributed by atoms with Crippen molar-refractivity contribution in [3.63, 3.8) is 0 Å². The van der Waals surface area contributed by atoms with Crippen LogP contribution in [0.4, 0.5) is 0 Å². The zero-order chi connectivity index (χ0) is 31.1. The first-order valence-electron chi connectivity index (χ1n) is 17.1. The van der Waals surface area contributed by atoms with Crippen LogP contribution in [0.5, 0.6) is 0 Å². The monoisotopic (exact) mass is 589 g/mol. The van der Waals surface area contributed by atoms with Crippen molar-refractivity contribution in [3.8, 4) is 0 Å². The van der Waals surface area contributed by atoms with Gasteiger partial charge in [-0.1, -0.05) is 160 Å². The van der Waals surface area contributed by atoms with E-state index in [9.17, 15) is 0 Å². The minimum atomic E-state index is -1.22. The van der Waals surface area contributed by atoms with E-state index in [0.29, 0.717) is 0 Å². The van der Waals surface area contributed by atoms with Crippen LogP contribution in [0.3, 0.4) is 0 Å². The molecule has 228 valence electrons. The van der Waals surface area contributed by atoms with Gasteiger partial charge in [0, 0.05) is 24.3 Å². The number of hydrogen-bond donors (Lipinski definition) is 0. The first kappa shape index (κ1) is 30.8. The predicted molar refractivity (Wildman–Crippen MR) is 196 cm³/mol. The Morgan fingerprint density at radius 3 is 1.49 bits per heavy atom. The molecular weight excluding hydrogens is 541 g/mol. The van der Waals surface area contributed by atoms with Gasteiger partial charge in [-0.05, 0) is 36.3 Å². The summed E-state index contributed by atoms with van der Waals surface area (Å²) in [5, 5.41) is 0. The molecule has 1 aliphatic heterocycles. The Kier molecular flexibility index (Phi) is 9.80. The molecule has 0 saturated heterocycles. The fourth-order valence-corrected chi connectivity index (χ4v) is 8.30. The second-order valence-electron chi connectivity index (χ2n) is 13.7. The molecule has 5 aromatic carbocycles. The van der Waals surface area contributed by atoms with Crippen LogP contribution in [-0.4, -0.2) is 29.5 Å². The Balaban J connectivity index is 0.000000163. The minimum Gasteiger partial charge on any atom is -0.232 e. The number of fused-ring (bicyclic) bond motifs is 1. The smallest absolute Gasteiger partial charge is 0.171 e. The van der Waals surface area contributed by atoms with E-state index >= 15 is 0 Å². The van der Waals surface area contributed by atoms with Gasteiger partial charge in [-0.3, -0.25) is 0 Å². The Morgan fingerprint density at radius 2 is 1.02 bits per heavy atom. The van der Waals surface area contributed by atoms with E-state index in [1.54, 1.807) is 0 Å². The summed E-state index contributed by atoms with van der Waals surface area (Å²) in [6.07, 6.45) is 6.65. The Hall–Kier alpha value is -4.17.